The highest BCUT2D eigenvalue weighted by Gasteiger charge is 2.30. The van der Waals surface area contributed by atoms with Crippen molar-refractivity contribution in [1.82, 2.24) is 0 Å². The molecule has 24 heavy (non-hydrogen) atoms. The topological polar surface area (TPSA) is 50.5 Å². The molecule has 2 rings (SSSR count). The molecular weight excluding hydrogens is 298 g/mol. The van der Waals surface area contributed by atoms with Crippen molar-refractivity contribution in [2.24, 2.45) is 5.73 Å². The maximum absolute atomic E-state index is 5.97. The molecule has 1 aliphatic heterocycles. The molecule has 0 amide bonds. The summed E-state index contributed by atoms with van der Waals surface area (Å²) in [6.45, 7) is 13.8. The number of hydrogen-bond acceptors (Lipinski definition) is 4. The Morgan fingerprint density at radius 1 is 1.12 bits per heavy atom. The first-order valence-corrected chi connectivity index (χ1v) is 9.41. The number of benzene rings is 1. The second kappa shape index (κ2) is 8.72. The van der Waals surface area contributed by atoms with Gasteiger partial charge in [-0.25, -0.2) is 0 Å². The van der Waals surface area contributed by atoms with Crippen LogP contribution in [-0.4, -0.2) is 37.9 Å². The molecule has 1 saturated heterocycles. The lowest BCUT2D eigenvalue weighted by Gasteiger charge is -2.43. The normalized spacial score (nSPS) is 24.2. The summed E-state index contributed by atoms with van der Waals surface area (Å²) in [5.74, 6) is 0. The monoisotopic (exact) mass is 333 g/mol. The highest BCUT2D eigenvalue weighted by Crippen LogP contribution is 2.32. The number of nitrogens with two attached hydrogens (primary N) is 1. The van der Waals surface area contributed by atoms with E-state index in [-0.39, 0.29) is 12.2 Å². The van der Waals surface area contributed by atoms with Crippen molar-refractivity contribution in [3.63, 3.8) is 0 Å². The largest absolute Gasteiger partial charge is 0.385 e. The summed E-state index contributed by atoms with van der Waals surface area (Å²) in [4.78, 5) is 2.51. The summed E-state index contributed by atoms with van der Waals surface area (Å²) in [5.41, 5.74) is 10.8. The third-order valence-corrected chi connectivity index (χ3v) is 5.12. The van der Waals surface area contributed by atoms with Gasteiger partial charge in [0, 0.05) is 24.5 Å². The minimum atomic E-state index is 0.258. The molecule has 4 heteroatoms. The number of hydrogen-bond donors (Lipinski definition) is 2. The number of unbranched alkanes of at least 4 members (excludes halogenated alkanes) is 2. The van der Waals surface area contributed by atoms with Crippen molar-refractivity contribution >= 4 is 11.4 Å². The zero-order valence-electron chi connectivity index (χ0n) is 16.1. The summed E-state index contributed by atoms with van der Waals surface area (Å²) in [7, 11) is 0. The maximum atomic E-state index is 5.97. The quantitative estimate of drug-likeness (QED) is 0.744. The lowest BCUT2D eigenvalue weighted by molar-refractivity contribution is -0.0258. The number of anilines is 2. The van der Waals surface area contributed by atoms with Crippen LogP contribution in [0.15, 0.2) is 12.1 Å². The molecule has 4 nitrogen and oxygen atoms in total. The van der Waals surface area contributed by atoms with Gasteiger partial charge in [-0.15, -0.1) is 0 Å². The minimum absolute atomic E-state index is 0.258. The summed E-state index contributed by atoms with van der Waals surface area (Å²) >= 11 is 0. The SMILES string of the molecule is Cc1cc(N2C[C@H](C)O[C@H](C)C2C)c(C)cc1NCCCCCN. The fourth-order valence-corrected chi connectivity index (χ4v) is 3.51. The van der Waals surface area contributed by atoms with Gasteiger partial charge in [-0.3, -0.25) is 0 Å². The molecule has 136 valence electrons. The molecule has 1 aromatic carbocycles. The van der Waals surface area contributed by atoms with Crippen LogP contribution in [0.25, 0.3) is 0 Å². The van der Waals surface area contributed by atoms with Crippen LogP contribution in [0.2, 0.25) is 0 Å². The Morgan fingerprint density at radius 2 is 1.88 bits per heavy atom. The van der Waals surface area contributed by atoms with E-state index in [0.717, 1.165) is 26.1 Å². The summed E-state index contributed by atoms with van der Waals surface area (Å²) in [6, 6.07) is 5.03. The number of nitrogens with zero attached hydrogens (tertiary/aromatic N) is 1. The lowest BCUT2D eigenvalue weighted by atomic mass is 10.0. The van der Waals surface area contributed by atoms with Gasteiger partial charge in [0.05, 0.1) is 18.2 Å². The highest BCUT2D eigenvalue weighted by molar-refractivity contribution is 5.65. The summed E-state index contributed by atoms with van der Waals surface area (Å²) in [6.07, 6.45) is 4.02. The van der Waals surface area contributed by atoms with Crippen molar-refractivity contribution in [2.75, 3.05) is 29.9 Å². The first kappa shape index (κ1) is 19.1. The molecule has 1 fully saturated rings. The average molecular weight is 334 g/mol. The smallest absolute Gasteiger partial charge is 0.0751 e. The van der Waals surface area contributed by atoms with Crippen LogP contribution in [0.3, 0.4) is 0 Å². The molecule has 1 aromatic rings. The van der Waals surface area contributed by atoms with Gasteiger partial charge in [0.25, 0.3) is 0 Å². The van der Waals surface area contributed by atoms with Crippen molar-refractivity contribution in [2.45, 2.75) is 72.1 Å². The maximum Gasteiger partial charge on any atom is 0.0751 e. The molecule has 3 atom stereocenters. The minimum Gasteiger partial charge on any atom is -0.385 e. The summed E-state index contributed by atoms with van der Waals surface area (Å²) < 4.78 is 5.97. The van der Waals surface area contributed by atoms with Crippen LogP contribution in [0, 0.1) is 13.8 Å². The van der Waals surface area contributed by atoms with Gasteiger partial charge in [-0.2, -0.15) is 0 Å². The number of nitrogens with one attached hydrogen (secondary N) is 1. The molecule has 1 aliphatic rings. The van der Waals surface area contributed by atoms with E-state index in [9.17, 15) is 0 Å². The average Bonchev–Trinajstić information content (AvgIpc) is 2.53. The van der Waals surface area contributed by atoms with E-state index >= 15 is 0 Å². The van der Waals surface area contributed by atoms with Gasteiger partial charge in [-0.1, -0.05) is 6.42 Å². The van der Waals surface area contributed by atoms with Gasteiger partial charge >= 0.3 is 0 Å². The van der Waals surface area contributed by atoms with Gasteiger partial charge in [0.1, 0.15) is 0 Å². The predicted molar refractivity (Wildman–Crippen MR) is 104 cm³/mol. The molecule has 0 bridgehead atoms. The first-order valence-electron chi connectivity index (χ1n) is 9.41. The Hall–Kier alpha value is -1.26. The Morgan fingerprint density at radius 3 is 2.58 bits per heavy atom. The van der Waals surface area contributed by atoms with Crippen LogP contribution >= 0.6 is 0 Å². The van der Waals surface area contributed by atoms with Gasteiger partial charge in [0.2, 0.25) is 0 Å². The molecule has 1 heterocycles. The van der Waals surface area contributed by atoms with Crippen molar-refractivity contribution in [3.05, 3.63) is 23.3 Å². The first-order chi connectivity index (χ1) is 11.4. The third-order valence-electron chi connectivity index (χ3n) is 5.12. The van der Waals surface area contributed by atoms with Crippen molar-refractivity contribution < 1.29 is 4.74 Å². The van der Waals surface area contributed by atoms with Crippen LogP contribution in [0.1, 0.15) is 51.2 Å². The number of ether oxygens (including phenoxy) is 1. The second-order valence-electron chi connectivity index (χ2n) is 7.27. The van der Waals surface area contributed by atoms with Crippen LogP contribution in [-0.2, 0) is 4.74 Å². The molecule has 0 aromatic heterocycles. The molecule has 0 radical (unpaired) electrons. The molecular formula is C20H35N3O. The lowest BCUT2D eigenvalue weighted by Crippen LogP contribution is -2.52. The Balaban J connectivity index is 2.08. The van der Waals surface area contributed by atoms with Crippen molar-refractivity contribution in [3.8, 4) is 0 Å². The van der Waals surface area contributed by atoms with E-state index < -0.39 is 0 Å². The zero-order valence-corrected chi connectivity index (χ0v) is 16.1. The van der Waals surface area contributed by atoms with Gasteiger partial charge in [0.15, 0.2) is 0 Å². The molecule has 0 aliphatic carbocycles. The fourth-order valence-electron chi connectivity index (χ4n) is 3.51. The molecule has 0 spiro atoms. The second-order valence-corrected chi connectivity index (χ2v) is 7.27. The van der Waals surface area contributed by atoms with Gasteiger partial charge < -0.3 is 20.7 Å². The van der Waals surface area contributed by atoms with Gasteiger partial charge in [-0.05, 0) is 77.3 Å². The Labute approximate surface area is 147 Å². The number of rotatable bonds is 7. The highest BCUT2D eigenvalue weighted by atomic mass is 16.5. The van der Waals surface area contributed by atoms with E-state index in [1.807, 2.05) is 0 Å². The van der Waals surface area contributed by atoms with E-state index in [1.54, 1.807) is 0 Å². The molecule has 0 saturated carbocycles. The number of morpholine rings is 1. The fraction of sp³-hybridized carbons (Fsp3) is 0.700. The van der Waals surface area contributed by atoms with Crippen LogP contribution in [0.5, 0.6) is 0 Å². The van der Waals surface area contributed by atoms with E-state index in [0.29, 0.717) is 6.04 Å². The Kier molecular flexibility index (Phi) is 6.93. The standard InChI is InChI=1S/C20H35N3O/c1-14-12-20(23-13-16(3)24-18(5)17(23)4)15(2)11-19(14)22-10-8-6-7-9-21/h11-12,16-18,22H,6-10,13,21H2,1-5H3/t16-,17?,18+/m0/s1. The zero-order chi connectivity index (χ0) is 17.7. The Bertz CT molecular complexity index is 532. The van der Waals surface area contributed by atoms with E-state index in [1.165, 1.54) is 35.3 Å². The predicted octanol–water partition coefficient (Wildman–Crippen LogP) is 3.85. The van der Waals surface area contributed by atoms with Crippen LogP contribution in [0.4, 0.5) is 11.4 Å². The van der Waals surface area contributed by atoms with E-state index in [2.05, 4.69) is 57.0 Å². The van der Waals surface area contributed by atoms with E-state index in [4.69, 9.17) is 10.5 Å². The van der Waals surface area contributed by atoms with Crippen molar-refractivity contribution in [1.29, 1.82) is 0 Å². The third kappa shape index (κ3) is 4.64. The molecule has 1 unspecified atom stereocenters. The summed E-state index contributed by atoms with van der Waals surface area (Å²) in [5, 5.41) is 3.59. The number of aryl methyl sites for hydroxylation is 2. The van der Waals surface area contributed by atoms with Crippen LogP contribution < -0.4 is 16.0 Å². The molecule has 3 N–H and O–H groups in total.